The van der Waals surface area contributed by atoms with Crippen LogP contribution in [0.5, 0.6) is 0 Å². The minimum atomic E-state index is -1.60. The van der Waals surface area contributed by atoms with Gasteiger partial charge in [0.25, 0.3) is 0 Å². The molecule has 0 fully saturated rings. The predicted octanol–water partition coefficient (Wildman–Crippen LogP) is 4.12. The third kappa shape index (κ3) is 5.98. The van der Waals surface area contributed by atoms with E-state index in [2.05, 4.69) is 52.7 Å². The molecule has 0 heterocycles. The maximum atomic E-state index is 6.11. The summed E-state index contributed by atoms with van der Waals surface area (Å²) in [5.41, 5.74) is 1.12. The van der Waals surface area contributed by atoms with Gasteiger partial charge in [-0.25, -0.2) is 0 Å². The Morgan fingerprint density at radius 1 is 1.39 bits per heavy atom. The molecule has 18 heavy (non-hydrogen) atoms. The smallest absolute Gasteiger partial charge is 0.192 e. The summed E-state index contributed by atoms with van der Waals surface area (Å²) in [4.78, 5) is 0. The Kier molecular flexibility index (Phi) is 7.11. The van der Waals surface area contributed by atoms with Gasteiger partial charge in [0.15, 0.2) is 8.32 Å². The fourth-order valence-corrected chi connectivity index (χ4v) is 2.33. The van der Waals surface area contributed by atoms with Gasteiger partial charge in [0.2, 0.25) is 0 Å². The minimum absolute atomic E-state index is 0.285. The van der Waals surface area contributed by atoms with Crippen molar-refractivity contribution in [2.75, 3.05) is 13.2 Å². The standard InChI is InChI=1S/C15H31NOSi/c1-9-10-13(2)14(3)16-11-12-17-18(7,8)15(4,5)6/h9-10,14,16H,2,11-12H2,1,3-8H3/b10-9-. The van der Waals surface area contributed by atoms with Crippen molar-refractivity contribution >= 4 is 8.32 Å². The van der Waals surface area contributed by atoms with Crippen LogP contribution in [-0.2, 0) is 4.43 Å². The lowest BCUT2D eigenvalue weighted by Crippen LogP contribution is -2.43. The van der Waals surface area contributed by atoms with E-state index in [1.165, 1.54) is 0 Å². The van der Waals surface area contributed by atoms with E-state index in [1.54, 1.807) is 0 Å². The molecule has 0 radical (unpaired) electrons. The lowest BCUT2D eigenvalue weighted by atomic mass is 10.1. The van der Waals surface area contributed by atoms with Crippen LogP contribution >= 0.6 is 0 Å². The summed E-state index contributed by atoms with van der Waals surface area (Å²) in [5.74, 6) is 0. The van der Waals surface area contributed by atoms with Gasteiger partial charge in [-0.1, -0.05) is 39.5 Å². The van der Waals surface area contributed by atoms with E-state index < -0.39 is 8.32 Å². The van der Waals surface area contributed by atoms with Gasteiger partial charge in [0.05, 0.1) is 0 Å². The van der Waals surface area contributed by atoms with Gasteiger partial charge >= 0.3 is 0 Å². The van der Waals surface area contributed by atoms with Gasteiger partial charge in [-0.3, -0.25) is 0 Å². The van der Waals surface area contributed by atoms with E-state index in [1.807, 2.05) is 19.1 Å². The SMILES string of the molecule is C=C(/C=C\C)C(C)NCCO[Si](C)(C)C(C)(C)C. The van der Waals surface area contributed by atoms with Crippen LogP contribution in [0.4, 0.5) is 0 Å². The molecule has 0 spiro atoms. The lowest BCUT2D eigenvalue weighted by molar-refractivity contribution is 0.283. The van der Waals surface area contributed by atoms with Gasteiger partial charge in [-0.15, -0.1) is 0 Å². The first-order valence-corrected chi connectivity index (χ1v) is 9.71. The van der Waals surface area contributed by atoms with Crippen LogP contribution in [-0.4, -0.2) is 27.5 Å². The summed E-state index contributed by atoms with van der Waals surface area (Å²) in [5, 5.41) is 3.72. The zero-order valence-corrected chi connectivity index (χ0v) is 14.3. The van der Waals surface area contributed by atoms with Crippen LogP contribution in [0.3, 0.4) is 0 Å². The molecule has 106 valence electrons. The molecule has 0 aliphatic heterocycles. The van der Waals surface area contributed by atoms with Crippen LogP contribution in [0.1, 0.15) is 34.6 Å². The second-order valence-corrected chi connectivity index (χ2v) is 11.2. The molecule has 0 aliphatic rings. The highest BCUT2D eigenvalue weighted by Gasteiger charge is 2.36. The summed E-state index contributed by atoms with van der Waals surface area (Å²) in [6.07, 6.45) is 4.07. The molecular weight excluding hydrogens is 238 g/mol. The van der Waals surface area contributed by atoms with Crippen LogP contribution in [0.15, 0.2) is 24.3 Å². The van der Waals surface area contributed by atoms with Crippen molar-refractivity contribution < 1.29 is 4.43 Å². The lowest BCUT2D eigenvalue weighted by Gasteiger charge is -2.36. The zero-order valence-electron chi connectivity index (χ0n) is 13.3. The highest BCUT2D eigenvalue weighted by Crippen LogP contribution is 2.36. The summed E-state index contributed by atoms with van der Waals surface area (Å²) in [6, 6.07) is 0.309. The molecule has 0 rings (SSSR count). The third-order valence-electron chi connectivity index (χ3n) is 3.76. The third-order valence-corrected chi connectivity index (χ3v) is 8.30. The fourth-order valence-electron chi connectivity index (χ4n) is 1.29. The molecule has 0 aliphatic carbocycles. The average molecular weight is 270 g/mol. The van der Waals surface area contributed by atoms with Crippen molar-refractivity contribution in [2.45, 2.75) is 58.8 Å². The molecule has 0 saturated carbocycles. The minimum Gasteiger partial charge on any atom is -0.416 e. The van der Waals surface area contributed by atoms with Crippen LogP contribution in [0, 0.1) is 0 Å². The first kappa shape index (κ1) is 17.6. The molecule has 1 atom stereocenters. The molecule has 3 heteroatoms. The molecule has 0 aromatic carbocycles. The molecule has 0 aromatic heterocycles. The van der Waals surface area contributed by atoms with Crippen molar-refractivity contribution in [3.63, 3.8) is 0 Å². The van der Waals surface area contributed by atoms with E-state index >= 15 is 0 Å². The highest BCUT2D eigenvalue weighted by atomic mass is 28.4. The zero-order chi connectivity index (χ0) is 14.4. The summed E-state index contributed by atoms with van der Waals surface area (Å²) >= 11 is 0. The molecule has 0 saturated heterocycles. The monoisotopic (exact) mass is 269 g/mol. The molecule has 1 unspecified atom stereocenters. The van der Waals surface area contributed by atoms with E-state index in [0.717, 1.165) is 18.7 Å². The maximum absolute atomic E-state index is 6.11. The predicted molar refractivity (Wildman–Crippen MR) is 84.6 cm³/mol. The van der Waals surface area contributed by atoms with Gasteiger partial charge in [-0.05, 0) is 37.6 Å². The molecular formula is C15H31NOSi. The Morgan fingerprint density at radius 3 is 2.39 bits per heavy atom. The van der Waals surface area contributed by atoms with Gasteiger partial charge in [0.1, 0.15) is 0 Å². The largest absolute Gasteiger partial charge is 0.416 e. The second-order valence-electron chi connectivity index (χ2n) is 6.36. The van der Waals surface area contributed by atoms with E-state index in [9.17, 15) is 0 Å². The van der Waals surface area contributed by atoms with Gasteiger partial charge in [-0.2, -0.15) is 0 Å². The topological polar surface area (TPSA) is 21.3 Å². The second kappa shape index (κ2) is 7.27. The van der Waals surface area contributed by atoms with Crippen molar-refractivity contribution in [1.82, 2.24) is 5.32 Å². The summed E-state index contributed by atoms with van der Waals surface area (Å²) in [7, 11) is -1.60. The van der Waals surface area contributed by atoms with Crippen molar-refractivity contribution in [2.24, 2.45) is 0 Å². The summed E-state index contributed by atoms with van der Waals surface area (Å²) in [6.45, 7) is 21.2. The Balaban J connectivity index is 3.98. The number of nitrogens with one attached hydrogen (secondary N) is 1. The molecule has 0 aromatic rings. The van der Waals surface area contributed by atoms with E-state index in [4.69, 9.17) is 4.43 Å². The molecule has 1 N–H and O–H groups in total. The number of hydrogen-bond donors (Lipinski definition) is 1. The van der Waals surface area contributed by atoms with Gasteiger partial charge < -0.3 is 9.74 Å². The van der Waals surface area contributed by atoms with Crippen LogP contribution in [0.2, 0.25) is 18.1 Å². The number of hydrogen-bond acceptors (Lipinski definition) is 2. The van der Waals surface area contributed by atoms with Crippen molar-refractivity contribution in [1.29, 1.82) is 0 Å². The Labute approximate surface area is 115 Å². The molecule has 2 nitrogen and oxygen atoms in total. The fraction of sp³-hybridized carbons (Fsp3) is 0.733. The first-order valence-electron chi connectivity index (χ1n) is 6.80. The quantitative estimate of drug-likeness (QED) is 0.426. The molecule has 0 bridgehead atoms. The maximum Gasteiger partial charge on any atom is 0.192 e. The number of rotatable bonds is 7. The number of allylic oxidation sites excluding steroid dienone is 1. The Bertz CT molecular complexity index is 289. The van der Waals surface area contributed by atoms with E-state index in [-0.39, 0.29) is 5.04 Å². The Morgan fingerprint density at radius 2 is 1.94 bits per heavy atom. The first-order chi connectivity index (χ1) is 8.12. The van der Waals surface area contributed by atoms with Gasteiger partial charge in [0, 0.05) is 19.2 Å². The van der Waals surface area contributed by atoms with Crippen molar-refractivity contribution in [3.05, 3.63) is 24.3 Å². The highest BCUT2D eigenvalue weighted by molar-refractivity contribution is 6.74. The average Bonchev–Trinajstić information content (AvgIpc) is 2.22. The molecule has 0 amide bonds. The van der Waals surface area contributed by atoms with Crippen LogP contribution in [0.25, 0.3) is 0 Å². The Hall–Kier alpha value is -0.383. The summed E-state index contributed by atoms with van der Waals surface area (Å²) < 4.78 is 6.11. The van der Waals surface area contributed by atoms with Crippen molar-refractivity contribution in [3.8, 4) is 0 Å². The normalized spacial score (nSPS) is 15.1. The van der Waals surface area contributed by atoms with E-state index in [0.29, 0.717) is 6.04 Å². The van der Waals surface area contributed by atoms with Crippen LogP contribution < -0.4 is 5.32 Å².